The van der Waals surface area contributed by atoms with E-state index in [-0.39, 0.29) is 0 Å². The second-order valence-electron chi connectivity index (χ2n) is 2.93. The van der Waals surface area contributed by atoms with Gasteiger partial charge in [0.15, 0.2) is 11.9 Å². The Balaban J connectivity index is 2.49. The zero-order valence-corrected chi connectivity index (χ0v) is 6.44. The van der Waals surface area contributed by atoms with Gasteiger partial charge in [-0.3, -0.25) is 9.47 Å². The van der Waals surface area contributed by atoms with Crippen LogP contribution in [0.1, 0.15) is 13.8 Å². The van der Waals surface area contributed by atoms with Gasteiger partial charge in [0.2, 0.25) is 0 Å². The second kappa shape index (κ2) is 2.40. The van der Waals surface area contributed by atoms with Crippen molar-refractivity contribution in [3.8, 4) is 0 Å². The minimum absolute atomic E-state index is 0.605. The zero-order chi connectivity index (χ0) is 8.70. The number of aliphatic hydroxyl groups is 3. The second-order valence-corrected chi connectivity index (χ2v) is 2.93. The van der Waals surface area contributed by atoms with Crippen molar-refractivity contribution < 1.29 is 24.8 Å². The van der Waals surface area contributed by atoms with E-state index in [1.165, 1.54) is 0 Å². The standard InChI is InChI=1S/C6H12O5/c1-5(2)10-6(9,11-5)4(8)3-7/h4,7-9H,3H2,1-2H3. The molecule has 66 valence electrons. The van der Waals surface area contributed by atoms with Gasteiger partial charge in [-0.25, -0.2) is 0 Å². The highest BCUT2D eigenvalue weighted by atomic mass is 17.0. The average Bonchev–Trinajstić information content (AvgIpc) is 1.81. The Morgan fingerprint density at radius 1 is 1.36 bits per heavy atom. The first-order valence-corrected chi connectivity index (χ1v) is 3.31. The fourth-order valence-corrected chi connectivity index (χ4v) is 0.963. The highest BCUT2D eigenvalue weighted by molar-refractivity contribution is 4.79. The molecule has 1 unspecified atom stereocenters. The summed E-state index contributed by atoms with van der Waals surface area (Å²) in [7, 11) is 0. The number of ether oxygens (including phenoxy) is 2. The lowest BCUT2D eigenvalue weighted by molar-refractivity contribution is -0.586. The van der Waals surface area contributed by atoms with Gasteiger partial charge in [0.05, 0.1) is 6.61 Å². The number of rotatable bonds is 2. The lowest BCUT2D eigenvalue weighted by Crippen LogP contribution is -2.66. The van der Waals surface area contributed by atoms with Crippen molar-refractivity contribution in [1.29, 1.82) is 0 Å². The number of aliphatic hydroxyl groups excluding tert-OH is 2. The van der Waals surface area contributed by atoms with Crippen LogP contribution in [0.25, 0.3) is 0 Å². The Hall–Kier alpha value is -0.200. The molecule has 5 nitrogen and oxygen atoms in total. The predicted octanol–water partition coefficient (Wildman–Crippen LogP) is -1.23. The van der Waals surface area contributed by atoms with Crippen LogP contribution in [0.4, 0.5) is 0 Å². The van der Waals surface area contributed by atoms with Gasteiger partial charge in [0.1, 0.15) is 0 Å². The Bertz CT molecular complexity index is 147. The maximum absolute atomic E-state index is 9.16. The van der Waals surface area contributed by atoms with Crippen LogP contribution in [0.15, 0.2) is 0 Å². The molecule has 1 saturated heterocycles. The monoisotopic (exact) mass is 164 g/mol. The molecule has 0 bridgehead atoms. The normalized spacial score (nSPS) is 29.2. The molecule has 0 aliphatic carbocycles. The van der Waals surface area contributed by atoms with Crippen LogP contribution < -0.4 is 0 Å². The van der Waals surface area contributed by atoms with Crippen molar-refractivity contribution >= 4 is 0 Å². The van der Waals surface area contributed by atoms with E-state index in [0.29, 0.717) is 0 Å². The van der Waals surface area contributed by atoms with E-state index in [1.54, 1.807) is 13.8 Å². The first-order chi connectivity index (χ1) is 4.90. The van der Waals surface area contributed by atoms with Gasteiger partial charge in [-0.05, 0) is 13.8 Å². The third kappa shape index (κ3) is 1.52. The molecule has 5 heteroatoms. The summed E-state index contributed by atoms with van der Waals surface area (Å²) in [5.41, 5.74) is 0. The van der Waals surface area contributed by atoms with Crippen LogP contribution in [0, 0.1) is 0 Å². The first-order valence-electron chi connectivity index (χ1n) is 3.31. The molecule has 1 atom stereocenters. The maximum atomic E-state index is 9.16. The third-order valence-corrected chi connectivity index (χ3v) is 1.38. The topological polar surface area (TPSA) is 79.2 Å². The zero-order valence-electron chi connectivity index (χ0n) is 6.44. The minimum Gasteiger partial charge on any atom is -0.393 e. The summed E-state index contributed by atoms with van der Waals surface area (Å²) in [6.07, 6.45) is -1.42. The van der Waals surface area contributed by atoms with Crippen molar-refractivity contribution in [2.45, 2.75) is 31.7 Å². The van der Waals surface area contributed by atoms with Crippen LogP contribution in [0.2, 0.25) is 0 Å². The van der Waals surface area contributed by atoms with E-state index in [4.69, 9.17) is 24.8 Å². The van der Waals surface area contributed by atoms with Crippen molar-refractivity contribution in [3.05, 3.63) is 0 Å². The number of hydrogen-bond donors (Lipinski definition) is 3. The SMILES string of the molecule is CC1(C)OC(O)(C(O)CO)O1. The minimum atomic E-state index is -2.03. The molecule has 0 saturated carbocycles. The molecule has 1 aliphatic heterocycles. The summed E-state index contributed by atoms with van der Waals surface area (Å²) in [5.74, 6) is -2.91. The smallest absolute Gasteiger partial charge is 0.315 e. The van der Waals surface area contributed by atoms with E-state index < -0.39 is 24.5 Å². The van der Waals surface area contributed by atoms with Crippen LogP contribution >= 0.6 is 0 Å². The van der Waals surface area contributed by atoms with Gasteiger partial charge in [0, 0.05) is 0 Å². The van der Waals surface area contributed by atoms with E-state index >= 15 is 0 Å². The van der Waals surface area contributed by atoms with Crippen molar-refractivity contribution in [1.82, 2.24) is 0 Å². The molecule has 3 N–H and O–H groups in total. The Morgan fingerprint density at radius 3 is 2.09 bits per heavy atom. The van der Waals surface area contributed by atoms with E-state index in [0.717, 1.165) is 0 Å². The van der Waals surface area contributed by atoms with Crippen LogP contribution in [0.3, 0.4) is 0 Å². The Labute approximate surface area is 64.2 Å². The molecule has 1 aliphatic rings. The van der Waals surface area contributed by atoms with E-state index in [9.17, 15) is 0 Å². The molecule has 0 aromatic rings. The van der Waals surface area contributed by atoms with E-state index in [2.05, 4.69) is 0 Å². The lowest BCUT2D eigenvalue weighted by atomic mass is 10.2. The molecule has 11 heavy (non-hydrogen) atoms. The van der Waals surface area contributed by atoms with Gasteiger partial charge in [-0.15, -0.1) is 0 Å². The molecular formula is C6H12O5. The highest BCUT2D eigenvalue weighted by Crippen LogP contribution is 2.37. The summed E-state index contributed by atoms with van der Waals surface area (Å²) in [4.78, 5) is 0. The predicted molar refractivity (Wildman–Crippen MR) is 34.3 cm³/mol. The molecule has 0 radical (unpaired) electrons. The number of hydrogen-bond acceptors (Lipinski definition) is 5. The van der Waals surface area contributed by atoms with Gasteiger partial charge >= 0.3 is 5.97 Å². The van der Waals surface area contributed by atoms with Gasteiger partial charge in [-0.2, -0.15) is 0 Å². The summed E-state index contributed by atoms with van der Waals surface area (Å²) in [6.45, 7) is 2.57. The van der Waals surface area contributed by atoms with Crippen LogP contribution in [-0.4, -0.2) is 39.8 Å². The lowest BCUT2D eigenvalue weighted by Gasteiger charge is -2.50. The largest absolute Gasteiger partial charge is 0.393 e. The van der Waals surface area contributed by atoms with Crippen molar-refractivity contribution in [2.75, 3.05) is 6.61 Å². The Kier molecular flexibility index (Phi) is 1.94. The maximum Gasteiger partial charge on any atom is 0.315 e. The molecule has 1 rings (SSSR count). The van der Waals surface area contributed by atoms with Gasteiger partial charge < -0.3 is 15.3 Å². The Morgan fingerprint density at radius 2 is 1.82 bits per heavy atom. The van der Waals surface area contributed by atoms with Crippen LogP contribution in [0.5, 0.6) is 0 Å². The quantitative estimate of drug-likeness (QED) is 0.476. The molecule has 0 spiro atoms. The van der Waals surface area contributed by atoms with Crippen LogP contribution in [-0.2, 0) is 9.47 Å². The average molecular weight is 164 g/mol. The molecular weight excluding hydrogens is 152 g/mol. The summed E-state index contributed by atoms with van der Waals surface area (Å²) in [5, 5.41) is 26.5. The summed E-state index contributed by atoms with van der Waals surface area (Å²) >= 11 is 0. The first kappa shape index (κ1) is 8.89. The molecule has 0 amide bonds. The van der Waals surface area contributed by atoms with Crippen molar-refractivity contribution in [2.24, 2.45) is 0 Å². The molecule has 1 heterocycles. The van der Waals surface area contributed by atoms with Crippen molar-refractivity contribution in [3.63, 3.8) is 0 Å². The summed E-state index contributed by atoms with van der Waals surface area (Å²) < 4.78 is 9.58. The molecule has 0 aromatic heterocycles. The third-order valence-electron chi connectivity index (χ3n) is 1.38. The molecule has 1 fully saturated rings. The fourth-order valence-electron chi connectivity index (χ4n) is 0.963. The summed E-state index contributed by atoms with van der Waals surface area (Å²) in [6, 6.07) is 0. The molecule has 0 aromatic carbocycles. The fraction of sp³-hybridized carbons (Fsp3) is 1.00. The van der Waals surface area contributed by atoms with Gasteiger partial charge in [-0.1, -0.05) is 0 Å². The highest BCUT2D eigenvalue weighted by Gasteiger charge is 2.56. The van der Waals surface area contributed by atoms with E-state index in [1.807, 2.05) is 0 Å². The van der Waals surface area contributed by atoms with Gasteiger partial charge in [0.25, 0.3) is 0 Å².